The molecule has 1 saturated carbocycles. The van der Waals surface area contributed by atoms with Crippen LogP contribution >= 0.6 is 34.7 Å². The van der Waals surface area contributed by atoms with Crippen molar-refractivity contribution in [2.24, 2.45) is 0 Å². The molecule has 1 aromatic heterocycles. The largest absolute Gasteiger partial charge is 0.496 e. The van der Waals surface area contributed by atoms with Crippen molar-refractivity contribution in [3.05, 3.63) is 87.8 Å². The molecule has 0 unspecified atom stereocenters. The number of fused-ring (bicyclic) bond motifs is 1. The number of amides is 1. The Labute approximate surface area is 243 Å². The van der Waals surface area contributed by atoms with E-state index in [1.165, 1.54) is 11.3 Å². The molecule has 0 atom stereocenters. The van der Waals surface area contributed by atoms with Gasteiger partial charge >= 0.3 is 0 Å². The predicted molar refractivity (Wildman–Crippen MR) is 160 cm³/mol. The molecule has 0 N–H and O–H groups in total. The van der Waals surface area contributed by atoms with Crippen LogP contribution in [0.15, 0.2) is 66.7 Å². The number of carbonyl (C=O) groups excluding carboxylic acids is 1. The second kappa shape index (κ2) is 12.0. The lowest BCUT2D eigenvalue weighted by atomic mass is 9.89. The summed E-state index contributed by atoms with van der Waals surface area (Å²) in [5.74, 6) is 0.646. The van der Waals surface area contributed by atoms with Gasteiger partial charge < -0.3 is 9.64 Å². The van der Waals surface area contributed by atoms with Crippen molar-refractivity contribution in [2.75, 3.05) is 14.2 Å². The van der Waals surface area contributed by atoms with Gasteiger partial charge in [0.05, 0.1) is 23.8 Å². The first kappa shape index (κ1) is 27.5. The summed E-state index contributed by atoms with van der Waals surface area (Å²) in [4.78, 5) is 16.8. The molecule has 4 aromatic rings. The lowest BCUT2D eigenvalue weighted by molar-refractivity contribution is 0.0589. The van der Waals surface area contributed by atoms with Gasteiger partial charge in [0.15, 0.2) is 0 Å². The summed E-state index contributed by atoms with van der Waals surface area (Å²) in [6, 6.07) is 23.9. The molecule has 1 amide bonds. The minimum absolute atomic E-state index is 0.0434. The summed E-state index contributed by atoms with van der Waals surface area (Å²) in [5, 5.41) is 10.8. The molecule has 0 saturated heterocycles. The zero-order chi connectivity index (χ0) is 27.5. The molecule has 0 aliphatic heterocycles. The minimum atomic E-state index is -0.0668. The number of halogens is 2. The first-order valence-corrected chi connectivity index (χ1v) is 14.5. The Morgan fingerprint density at radius 2 is 1.74 bits per heavy atom. The molecule has 39 heavy (non-hydrogen) atoms. The van der Waals surface area contributed by atoms with Gasteiger partial charge in [-0.05, 0) is 78.9 Å². The van der Waals surface area contributed by atoms with E-state index in [0.717, 1.165) is 52.5 Å². The fraction of sp³-hybridized carbons (Fsp3) is 0.290. The monoisotopic (exact) mass is 577 g/mol. The molecule has 3 aromatic carbocycles. The van der Waals surface area contributed by atoms with Crippen LogP contribution in [-0.4, -0.2) is 41.5 Å². The average Bonchev–Trinajstić information content (AvgIpc) is 3.31. The Hall–Kier alpha value is -3.08. The van der Waals surface area contributed by atoms with E-state index in [2.05, 4.69) is 12.1 Å². The highest BCUT2D eigenvalue weighted by atomic mass is 35.5. The predicted octanol–water partition coefficient (Wildman–Crippen LogP) is 8.14. The molecule has 200 valence electrons. The molecular weight excluding hydrogens is 549 g/mol. The molecular formula is C31H29Cl2N3O2S. The Bertz CT molecular complexity index is 1540. The molecule has 1 aliphatic rings. The van der Waals surface area contributed by atoms with Crippen molar-refractivity contribution in [3.63, 3.8) is 0 Å². The SMILES string of the molecule is COc1ccc(-c2cccc(C#N)c2)cc1CN(C(=O)c1sc2ccccc2c1Cl)[C@H]1CC[C@H](N(C)Cl)CC1. The summed E-state index contributed by atoms with van der Waals surface area (Å²) < 4.78 is 8.49. The van der Waals surface area contributed by atoms with Gasteiger partial charge in [-0.3, -0.25) is 4.79 Å². The maximum absolute atomic E-state index is 14.2. The van der Waals surface area contributed by atoms with Crippen molar-refractivity contribution < 1.29 is 9.53 Å². The van der Waals surface area contributed by atoms with Gasteiger partial charge in [-0.1, -0.05) is 48.0 Å². The molecule has 1 aliphatic carbocycles. The second-order valence-corrected chi connectivity index (χ2v) is 11.8. The number of nitrogens with zero attached hydrogens (tertiary/aromatic N) is 3. The van der Waals surface area contributed by atoms with Crippen LogP contribution in [0.3, 0.4) is 0 Å². The molecule has 0 bridgehead atoms. The van der Waals surface area contributed by atoms with E-state index in [9.17, 15) is 10.1 Å². The first-order valence-electron chi connectivity index (χ1n) is 12.9. The summed E-state index contributed by atoms with van der Waals surface area (Å²) in [7, 11) is 3.54. The van der Waals surface area contributed by atoms with Crippen molar-refractivity contribution in [2.45, 2.75) is 44.3 Å². The number of hydrogen-bond donors (Lipinski definition) is 0. The highest BCUT2D eigenvalue weighted by Gasteiger charge is 2.33. The number of thiophene rings is 1. The van der Waals surface area contributed by atoms with E-state index in [-0.39, 0.29) is 18.0 Å². The van der Waals surface area contributed by atoms with E-state index in [1.807, 2.05) is 66.5 Å². The Balaban J connectivity index is 1.53. The summed E-state index contributed by atoms with van der Waals surface area (Å²) in [6.07, 6.45) is 3.52. The van der Waals surface area contributed by atoms with Crippen molar-refractivity contribution in [1.82, 2.24) is 9.32 Å². The van der Waals surface area contributed by atoms with Crippen LogP contribution in [-0.2, 0) is 6.54 Å². The van der Waals surface area contributed by atoms with Crippen molar-refractivity contribution in [3.8, 4) is 22.9 Å². The quantitative estimate of drug-likeness (QED) is 0.208. The topological polar surface area (TPSA) is 56.6 Å². The molecule has 1 fully saturated rings. The Morgan fingerprint density at radius 3 is 2.44 bits per heavy atom. The molecule has 1 heterocycles. The standard InChI is InChI=1S/C31H29Cl2N3O2S/c1-35(33)24-11-13-25(14-12-24)36(31(37)30-29(32)26-8-3-4-9-28(26)39-30)19-23-17-22(10-15-27(23)38-2)21-7-5-6-20(16-21)18-34/h3-10,15-17,24-25H,11-14,19H2,1-2H3/t24-,25-. The van der Waals surface area contributed by atoms with E-state index < -0.39 is 0 Å². The molecule has 0 spiro atoms. The third-order valence-electron chi connectivity index (χ3n) is 7.55. The van der Waals surface area contributed by atoms with Gasteiger partial charge in [-0.25, -0.2) is 4.42 Å². The van der Waals surface area contributed by atoms with Gasteiger partial charge in [0.25, 0.3) is 5.91 Å². The zero-order valence-electron chi connectivity index (χ0n) is 21.9. The third kappa shape index (κ3) is 5.78. The van der Waals surface area contributed by atoms with Crippen LogP contribution in [0.5, 0.6) is 5.75 Å². The summed E-state index contributed by atoms with van der Waals surface area (Å²) in [6.45, 7) is 0.379. The molecule has 0 radical (unpaired) electrons. The van der Waals surface area contributed by atoms with Crippen molar-refractivity contribution in [1.29, 1.82) is 5.26 Å². The number of benzene rings is 3. The summed E-state index contributed by atoms with van der Waals surface area (Å²) >= 11 is 14.5. The van der Waals surface area contributed by atoms with E-state index >= 15 is 0 Å². The maximum Gasteiger partial charge on any atom is 0.266 e. The lowest BCUT2D eigenvalue weighted by Crippen LogP contribution is -2.44. The Kier molecular flexibility index (Phi) is 8.44. The van der Waals surface area contributed by atoms with Crippen LogP contribution in [0.2, 0.25) is 5.02 Å². The van der Waals surface area contributed by atoms with Gasteiger partial charge in [-0.15, -0.1) is 11.3 Å². The smallest absolute Gasteiger partial charge is 0.266 e. The number of ether oxygens (including phenoxy) is 1. The van der Waals surface area contributed by atoms with Gasteiger partial charge in [0.1, 0.15) is 10.6 Å². The fourth-order valence-corrected chi connectivity index (χ4v) is 7.07. The van der Waals surface area contributed by atoms with Gasteiger partial charge in [0.2, 0.25) is 0 Å². The van der Waals surface area contributed by atoms with E-state index in [4.69, 9.17) is 28.1 Å². The normalized spacial score (nSPS) is 17.2. The number of nitriles is 1. The third-order valence-corrected chi connectivity index (χ3v) is 9.49. The Morgan fingerprint density at radius 1 is 1.03 bits per heavy atom. The van der Waals surface area contributed by atoms with Crippen LogP contribution in [0.1, 0.15) is 46.5 Å². The second-order valence-electron chi connectivity index (χ2n) is 9.88. The fourth-order valence-electron chi connectivity index (χ4n) is 5.41. The first-order chi connectivity index (χ1) is 18.9. The number of methoxy groups -OCH3 is 1. The maximum atomic E-state index is 14.2. The number of carbonyl (C=O) groups is 1. The van der Waals surface area contributed by atoms with Crippen LogP contribution < -0.4 is 4.74 Å². The molecule has 5 nitrogen and oxygen atoms in total. The molecule has 5 rings (SSSR count). The van der Waals surface area contributed by atoms with Crippen LogP contribution in [0.25, 0.3) is 21.2 Å². The van der Waals surface area contributed by atoms with Crippen LogP contribution in [0.4, 0.5) is 0 Å². The number of rotatable bonds is 7. The van der Waals surface area contributed by atoms with Gasteiger partial charge in [0, 0.05) is 41.3 Å². The lowest BCUT2D eigenvalue weighted by Gasteiger charge is -2.38. The van der Waals surface area contributed by atoms with Crippen molar-refractivity contribution >= 4 is 50.7 Å². The van der Waals surface area contributed by atoms with Crippen LogP contribution in [0, 0.1) is 11.3 Å². The van der Waals surface area contributed by atoms with E-state index in [1.54, 1.807) is 17.6 Å². The zero-order valence-corrected chi connectivity index (χ0v) is 24.2. The summed E-state index contributed by atoms with van der Waals surface area (Å²) in [5.41, 5.74) is 3.40. The van der Waals surface area contributed by atoms with Gasteiger partial charge in [-0.2, -0.15) is 5.26 Å². The molecule has 8 heteroatoms. The average molecular weight is 579 g/mol. The minimum Gasteiger partial charge on any atom is -0.496 e. The highest BCUT2D eigenvalue weighted by molar-refractivity contribution is 7.21. The highest BCUT2D eigenvalue weighted by Crippen LogP contribution is 2.38. The van der Waals surface area contributed by atoms with E-state index in [0.29, 0.717) is 27.8 Å². The number of hydrogen-bond acceptors (Lipinski definition) is 5.